The Hall–Kier alpha value is -0.900. The molecule has 0 aromatic heterocycles. The smallest absolute Gasteiger partial charge is 0.0802 e. The molecule has 1 saturated heterocycles. The van der Waals surface area contributed by atoms with E-state index in [0.717, 1.165) is 38.2 Å². The third kappa shape index (κ3) is 3.80. The number of aliphatic hydroxyl groups excluding tert-OH is 1. The molecule has 0 saturated carbocycles. The summed E-state index contributed by atoms with van der Waals surface area (Å²) in [7, 11) is 1.77. The summed E-state index contributed by atoms with van der Waals surface area (Å²) in [6.45, 7) is 4.07. The van der Waals surface area contributed by atoms with Gasteiger partial charge in [-0.05, 0) is 30.9 Å². The maximum Gasteiger partial charge on any atom is 0.0802 e. The van der Waals surface area contributed by atoms with Crippen LogP contribution in [0, 0.1) is 5.92 Å². The molecule has 1 heterocycles. The first-order chi connectivity index (χ1) is 8.79. The number of likely N-dealkylation sites (tertiary alicyclic amines) is 1. The van der Waals surface area contributed by atoms with Crippen LogP contribution in [-0.4, -0.2) is 43.4 Å². The van der Waals surface area contributed by atoms with Gasteiger partial charge in [0.1, 0.15) is 0 Å². The molecular weight excluding hydrogens is 226 g/mol. The zero-order valence-corrected chi connectivity index (χ0v) is 11.1. The van der Waals surface area contributed by atoms with Gasteiger partial charge in [0.05, 0.1) is 12.7 Å². The lowest BCUT2D eigenvalue weighted by atomic mass is 10.1. The van der Waals surface area contributed by atoms with Crippen molar-refractivity contribution in [2.75, 3.05) is 33.4 Å². The molecule has 0 radical (unpaired) electrons. The Labute approximate surface area is 109 Å². The molecule has 2 atom stereocenters. The Morgan fingerprint density at radius 2 is 2.17 bits per heavy atom. The van der Waals surface area contributed by atoms with Crippen LogP contribution in [0.4, 0.5) is 0 Å². The van der Waals surface area contributed by atoms with E-state index in [0.29, 0.717) is 5.92 Å². The number of nitrogens with zero attached hydrogens (tertiary/aromatic N) is 1. The van der Waals surface area contributed by atoms with Crippen molar-refractivity contribution in [3.05, 3.63) is 35.9 Å². The van der Waals surface area contributed by atoms with Crippen LogP contribution >= 0.6 is 0 Å². The minimum absolute atomic E-state index is 0.340. The van der Waals surface area contributed by atoms with Crippen LogP contribution in [0.15, 0.2) is 30.3 Å². The van der Waals surface area contributed by atoms with Crippen molar-refractivity contribution < 1.29 is 9.84 Å². The van der Waals surface area contributed by atoms with Crippen molar-refractivity contribution in [1.82, 2.24) is 4.90 Å². The Morgan fingerprint density at radius 3 is 2.89 bits per heavy atom. The van der Waals surface area contributed by atoms with E-state index in [9.17, 15) is 5.11 Å². The zero-order chi connectivity index (χ0) is 12.8. The van der Waals surface area contributed by atoms with Crippen LogP contribution in [0.3, 0.4) is 0 Å². The van der Waals surface area contributed by atoms with E-state index in [2.05, 4.69) is 4.90 Å². The van der Waals surface area contributed by atoms with Gasteiger partial charge >= 0.3 is 0 Å². The van der Waals surface area contributed by atoms with Crippen molar-refractivity contribution in [2.24, 2.45) is 5.92 Å². The molecule has 1 aromatic carbocycles. The molecule has 1 aliphatic heterocycles. The van der Waals surface area contributed by atoms with Gasteiger partial charge in [-0.3, -0.25) is 0 Å². The van der Waals surface area contributed by atoms with Gasteiger partial charge in [0.15, 0.2) is 0 Å². The fourth-order valence-electron chi connectivity index (χ4n) is 2.63. The van der Waals surface area contributed by atoms with E-state index >= 15 is 0 Å². The van der Waals surface area contributed by atoms with Crippen LogP contribution in [0.2, 0.25) is 0 Å². The topological polar surface area (TPSA) is 32.7 Å². The summed E-state index contributed by atoms with van der Waals surface area (Å²) in [5.74, 6) is 0.670. The van der Waals surface area contributed by atoms with Gasteiger partial charge in [0, 0.05) is 20.2 Å². The zero-order valence-electron chi connectivity index (χ0n) is 11.1. The molecule has 1 aliphatic rings. The molecule has 3 nitrogen and oxygen atoms in total. The van der Waals surface area contributed by atoms with Crippen LogP contribution in [0.5, 0.6) is 0 Å². The molecule has 1 N–H and O–H groups in total. The number of aliphatic hydroxyl groups is 1. The Morgan fingerprint density at radius 1 is 1.39 bits per heavy atom. The molecule has 2 rings (SSSR count). The Bertz CT molecular complexity index is 342. The van der Waals surface area contributed by atoms with E-state index in [1.54, 1.807) is 7.11 Å². The first-order valence-corrected chi connectivity index (χ1v) is 6.74. The maximum atomic E-state index is 10.1. The van der Waals surface area contributed by atoms with Crippen molar-refractivity contribution in [1.29, 1.82) is 0 Å². The van der Waals surface area contributed by atoms with Crippen molar-refractivity contribution in [3.8, 4) is 0 Å². The summed E-state index contributed by atoms with van der Waals surface area (Å²) in [6, 6.07) is 9.91. The number of hydrogen-bond donors (Lipinski definition) is 1. The first-order valence-electron chi connectivity index (χ1n) is 6.74. The highest BCUT2D eigenvalue weighted by Gasteiger charge is 2.22. The predicted molar refractivity (Wildman–Crippen MR) is 72.4 cm³/mol. The van der Waals surface area contributed by atoms with Gasteiger partial charge in [-0.25, -0.2) is 0 Å². The lowest BCUT2D eigenvalue weighted by Gasteiger charge is -2.18. The molecule has 0 aliphatic carbocycles. The van der Waals surface area contributed by atoms with Gasteiger partial charge in [0.2, 0.25) is 0 Å². The van der Waals surface area contributed by atoms with E-state index in [1.807, 2.05) is 30.3 Å². The summed E-state index contributed by atoms with van der Waals surface area (Å²) >= 11 is 0. The van der Waals surface area contributed by atoms with E-state index < -0.39 is 0 Å². The second-order valence-electron chi connectivity index (χ2n) is 5.13. The second-order valence-corrected chi connectivity index (χ2v) is 5.13. The van der Waals surface area contributed by atoms with Crippen LogP contribution in [0.25, 0.3) is 0 Å². The van der Waals surface area contributed by atoms with Crippen LogP contribution < -0.4 is 0 Å². The SMILES string of the molecule is COCC1CCN(CCC(O)c2ccccc2)C1. The first kappa shape index (κ1) is 13.5. The van der Waals surface area contributed by atoms with Crippen molar-refractivity contribution in [2.45, 2.75) is 18.9 Å². The fraction of sp³-hybridized carbons (Fsp3) is 0.600. The molecule has 0 amide bonds. The predicted octanol–water partition coefficient (Wildman–Crippen LogP) is 2.08. The molecule has 100 valence electrons. The summed E-state index contributed by atoms with van der Waals surface area (Å²) in [4.78, 5) is 2.43. The Kier molecular flexibility index (Phi) is 5.17. The van der Waals surface area contributed by atoms with Crippen LogP contribution in [-0.2, 0) is 4.74 Å². The third-order valence-electron chi connectivity index (χ3n) is 3.68. The minimum Gasteiger partial charge on any atom is -0.388 e. The number of methoxy groups -OCH3 is 1. The molecule has 3 heteroatoms. The van der Waals surface area contributed by atoms with Gasteiger partial charge in [0.25, 0.3) is 0 Å². The molecule has 18 heavy (non-hydrogen) atoms. The second kappa shape index (κ2) is 6.88. The average Bonchev–Trinajstić information content (AvgIpc) is 2.85. The molecule has 2 unspecified atom stereocenters. The normalized spacial score (nSPS) is 22.2. The molecule has 1 fully saturated rings. The highest BCUT2D eigenvalue weighted by atomic mass is 16.5. The number of benzene rings is 1. The molecule has 0 spiro atoms. The fourth-order valence-corrected chi connectivity index (χ4v) is 2.63. The Balaban J connectivity index is 1.72. The standard InChI is InChI=1S/C15H23NO2/c1-18-12-13-7-9-16(11-13)10-8-15(17)14-5-3-2-4-6-14/h2-6,13,15,17H,7-12H2,1H3. The maximum absolute atomic E-state index is 10.1. The summed E-state index contributed by atoms with van der Waals surface area (Å²) in [5.41, 5.74) is 1.02. The van der Waals surface area contributed by atoms with E-state index in [1.165, 1.54) is 6.42 Å². The van der Waals surface area contributed by atoms with Crippen LogP contribution in [0.1, 0.15) is 24.5 Å². The quantitative estimate of drug-likeness (QED) is 0.838. The lowest BCUT2D eigenvalue weighted by Crippen LogP contribution is -2.24. The van der Waals surface area contributed by atoms with Gasteiger partial charge in [-0.15, -0.1) is 0 Å². The molecular formula is C15H23NO2. The highest BCUT2D eigenvalue weighted by molar-refractivity contribution is 5.17. The van der Waals surface area contributed by atoms with Gasteiger partial charge in [-0.2, -0.15) is 0 Å². The average molecular weight is 249 g/mol. The summed E-state index contributed by atoms with van der Waals surface area (Å²) < 4.78 is 5.19. The summed E-state index contributed by atoms with van der Waals surface area (Å²) in [6.07, 6.45) is 1.69. The monoisotopic (exact) mass is 249 g/mol. The van der Waals surface area contributed by atoms with Crippen molar-refractivity contribution in [3.63, 3.8) is 0 Å². The lowest BCUT2D eigenvalue weighted by molar-refractivity contribution is 0.137. The highest BCUT2D eigenvalue weighted by Crippen LogP contribution is 2.20. The van der Waals surface area contributed by atoms with Gasteiger partial charge in [-0.1, -0.05) is 30.3 Å². The number of rotatable bonds is 6. The van der Waals surface area contributed by atoms with E-state index in [-0.39, 0.29) is 6.10 Å². The summed E-state index contributed by atoms with van der Waals surface area (Å²) in [5, 5.41) is 10.1. The number of ether oxygens (including phenoxy) is 1. The van der Waals surface area contributed by atoms with E-state index in [4.69, 9.17) is 4.74 Å². The van der Waals surface area contributed by atoms with Crippen molar-refractivity contribution >= 4 is 0 Å². The minimum atomic E-state index is -0.340. The third-order valence-corrected chi connectivity index (χ3v) is 3.68. The molecule has 1 aromatic rings. The largest absolute Gasteiger partial charge is 0.388 e. The number of hydrogen-bond acceptors (Lipinski definition) is 3. The molecule has 0 bridgehead atoms. The van der Waals surface area contributed by atoms with Gasteiger partial charge < -0.3 is 14.7 Å².